The van der Waals surface area contributed by atoms with Gasteiger partial charge in [0.05, 0.1) is 33.6 Å². The molecule has 0 atom stereocenters. The zero-order chi connectivity index (χ0) is 24.9. The van der Waals surface area contributed by atoms with Crippen molar-refractivity contribution in [3.8, 4) is 28.4 Å². The number of hydrogen-bond acceptors (Lipinski definition) is 6. The maximum absolute atomic E-state index is 12.7. The molecule has 0 radical (unpaired) electrons. The van der Waals surface area contributed by atoms with E-state index in [1.165, 1.54) is 0 Å². The number of aryl methyl sites for hydroxylation is 1. The topological polar surface area (TPSA) is 69.9 Å². The number of ether oxygens (including phenoxy) is 3. The highest BCUT2D eigenvalue weighted by Gasteiger charge is 2.21. The van der Waals surface area contributed by atoms with E-state index in [0.717, 1.165) is 49.4 Å². The summed E-state index contributed by atoms with van der Waals surface area (Å²) < 4.78 is 23.1. The standard InChI is InChI=1S/C28H29NO5S/c1-6-33-27-18(3)28-23(24(16-34-28)22-13-19(31-4)9-10-25(22)32-5)14-21(27)17(2)12-26(30)29-15-20-8-7-11-35-20/h7-14,16H,6,15H2,1-5H3,(H,29,30)/b17-12+. The molecule has 2 aromatic carbocycles. The molecule has 1 N–H and O–H groups in total. The monoisotopic (exact) mass is 491 g/mol. The van der Waals surface area contributed by atoms with E-state index >= 15 is 0 Å². The van der Waals surface area contributed by atoms with Gasteiger partial charge in [-0.3, -0.25) is 4.79 Å². The number of hydrogen-bond donors (Lipinski definition) is 1. The van der Waals surface area contributed by atoms with Crippen LogP contribution in [0.3, 0.4) is 0 Å². The van der Waals surface area contributed by atoms with Crippen molar-refractivity contribution in [3.05, 3.63) is 70.1 Å². The molecule has 6 nitrogen and oxygen atoms in total. The number of benzene rings is 2. The van der Waals surface area contributed by atoms with Gasteiger partial charge in [0.2, 0.25) is 5.91 Å². The van der Waals surface area contributed by atoms with Crippen molar-refractivity contribution in [1.29, 1.82) is 0 Å². The number of carbonyl (C=O) groups excluding carboxylic acids is 1. The maximum Gasteiger partial charge on any atom is 0.244 e. The van der Waals surface area contributed by atoms with Crippen LogP contribution in [0, 0.1) is 6.92 Å². The Labute approximate surface area is 209 Å². The minimum absolute atomic E-state index is 0.155. The van der Waals surface area contributed by atoms with Gasteiger partial charge in [0, 0.05) is 38.6 Å². The Morgan fingerprint density at radius 3 is 2.66 bits per heavy atom. The zero-order valence-corrected chi connectivity index (χ0v) is 21.4. The molecule has 0 fully saturated rings. The number of furan rings is 1. The molecule has 2 heterocycles. The lowest BCUT2D eigenvalue weighted by Gasteiger charge is -2.15. The summed E-state index contributed by atoms with van der Waals surface area (Å²) in [4.78, 5) is 13.8. The van der Waals surface area contributed by atoms with Crippen molar-refractivity contribution in [2.75, 3.05) is 20.8 Å². The van der Waals surface area contributed by atoms with Gasteiger partial charge in [0.15, 0.2) is 0 Å². The summed E-state index contributed by atoms with van der Waals surface area (Å²) in [6.45, 7) is 6.82. The third-order valence-corrected chi connectivity index (χ3v) is 6.70. The van der Waals surface area contributed by atoms with Crippen LogP contribution in [0.1, 0.15) is 29.9 Å². The number of fused-ring (bicyclic) bond motifs is 1. The van der Waals surface area contributed by atoms with Crippen molar-refractivity contribution >= 4 is 33.8 Å². The fourth-order valence-electron chi connectivity index (χ4n) is 4.09. The van der Waals surface area contributed by atoms with Gasteiger partial charge in [-0.25, -0.2) is 0 Å². The Hall–Kier alpha value is -3.71. The molecule has 0 saturated heterocycles. The molecule has 0 aliphatic carbocycles. The second-order valence-electron chi connectivity index (χ2n) is 8.03. The highest BCUT2D eigenvalue weighted by atomic mass is 32.1. The normalized spacial score (nSPS) is 11.5. The largest absolute Gasteiger partial charge is 0.497 e. The van der Waals surface area contributed by atoms with Crippen LogP contribution in [0.25, 0.3) is 27.7 Å². The minimum atomic E-state index is -0.155. The molecule has 4 rings (SSSR count). The lowest BCUT2D eigenvalue weighted by Crippen LogP contribution is -2.20. The Bertz CT molecular complexity index is 1370. The van der Waals surface area contributed by atoms with Crippen molar-refractivity contribution in [1.82, 2.24) is 5.32 Å². The number of carbonyl (C=O) groups is 1. The van der Waals surface area contributed by atoms with Crippen molar-refractivity contribution in [2.45, 2.75) is 27.3 Å². The molecule has 35 heavy (non-hydrogen) atoms. The van der Waals surface area contributed by atoms with Crippen LogP contribution in [0.5, 0.6) is 17.2 Å². The first-order chi connectivity index (χ1) is 17.0. The van der Waals surface area contributed by atoms with Crippen molar-refractivity contribution < 1.29 is 23.4 Å². The second kappa shape index (κ2) is 10.7. The molecule has 7 heteroatoms. The molecule has 0 saturated carbocycles. The van der Waals surface area contributed by atoms with Crippen LogP contribution < -0.4 is 19.5 Å². The summed E-state index contributed by atoms with van der Waals surface area (Å²) in [5, 5.41) is 5.85. The molecule has 1 amide bonds. The molecule has 0 bridgehead atoms. The second-order valence-corrected chi connectivity index (χ2v) is 9.06. The highest BCUT2D eigenvalue weighted by molar-refractivity contribution is 7.09. The van der Waals surface area contributed by atoms with Gasteiger partial charge in [-0.1, -0.05) is 6.07 Å². The summed E-state index contributed by atoms with van der Waals surface area (Å²) in [5.41, 5.74) is 4.97. The first kappa shape index (κ1) is 24.4. The van der Waals surface area contributed by atoms with E-state index < -0.39 is 0 Å². The van der Waals surface area contributed by atoms with Gasteiger partial charge in [0.1, 0.15) is 22.8 Å². The van der Waals surface area contributed by atoms with E-state index in [-0.39, 0.29) is 5.91 Å². The van der Waals surface area contributed by atoms with E-state index in [9.17, 15) is 4.79 Å². The molecular weight excluding hydrogens is 462 g/mol. The Morgan fingerprint density at radius 2 is 1.97 bits per heavy atom. The van der Waals surface area contributed by atoms with Crippen molar-refractivity contribution in [2.24, 2.45) is 0 Å². The fourth-order valence-corrected chi connectivity index (χ4v) is 4.73. The third kappa shape index (κ3) is 5.05. The predicted molar refractivity (Wildman–Crippen MR) is 140 cm³/mol. The van der Waals surface area contributed by atoms with Crippen LogP contribution in [-0.2, 0) is 11.3 Å². The van der Waals surface area contributed by atoms with E-state index in [2.05, 4.69) is 5.32 Å². The summed E-state index contributed by atoms with van der Waals surface area (Å²) in [7, 11) is 3.27. The maximum atomic E-state index is 12.7. The molecule has 0 aliphatic heterocycles. The van der Waals surface area contributed by atoms with E-state index in [4.69, 9.17) is 18.6 Å². The van der Waals surface area contributed by atoms with E-state index in [0.29, 0.717) is 24.7 Å². The SMILES string of the molecule is CCOc1c(/C(C)=C/C(=O)NCc2cccs2)cc2c(-c3cc(OC)ccc3OC)coc2c1C. The number of methoxy groups -OCH3 is 2. The summed E-state index contributed by atoms with van der Waals surface area (Å²) in [6.07, 6.45) is 3.34. The average Bonchev–Trinajstić information content (AvgIpc) is 3.54. The van der Waals surface area contributed by atoms with Gasteiger partial charge < -0.3 is 23.9 Å². The van der Waals surface area contributed by atoms with Crippen molar-refractivity contribution in [3.63, 3.8) is 0 Å². The Balaban J connectivity index is 1.80. The van der Waals surface area contributed by atoms with Crippen LogP contribution in [0.15, 0.2) is 58.5 Å². The third-order valence-electron chi connectivity index (χ3n) is 5.82. The molecule has 0 spiro atoms. The smallest absolute Gasteiger partial charge is 0.244 e. The lowest BCUT2D eigenvalue weighted by molar-refractivity contribution is -0.116. The quantitative estimate of drug-likeness (QED) is 0.267. The molecule has 2 aromatic heterocycles. The fraction of sp³-hybridized carbons (Fsp3) is 0.250. The summed E-state index contributed by atoms with van der Waals surface area (Å²) in [5.74, 6) is 1.98. The van der Waals surface area contributed by atoms with Gasteiger partial charge in [0.25, 0.3) is 0 Å². The van der Waals surface area contributed by atoms with Gasteiger partial charge in [-0.05, 0) is 62.1 Å². The van der Waals surface area contributed by atoms with Crippen LogP contribution >= 0.6 is 11.3 Å². The molecular formula is C28H29NO5S. The van der Waals surface area contributed by atoms with Crippen LogP contribution in [0.2, 0.25) is 0 Å². The van der Waals surface area contributed by atoms with Gasteiger partial charge in [-0.2, -0.15) is 0 Å². The predicted octanol–water partition coefficient (Wildman–Crippen LogP) is 6.61. The molecule has 182 valence electrons. The highest BCUT2D eigenvalue weighted by Crippen LogP contribution is 2.43. The van der Waals surface area contributed by atoms with Crippen LogP contribution in [-0.4, -0.2) is 26.7 Å². The molecule has 0 aliphatic rings. The number of amides is 1. The minimum Gasteiger partial charge on any atom is -0.497 e. The van der Waals surface area contributed by atoms with Gasteiger partial charge >= 0.3 is 0 Å². The van der Waals surface area contributed by atoms with Crippen LogP contribution in [0.4, 0.5) is 0 Å². The Morgan fingerprint density at radius 1 is 1.14 bits per heavy atom. The average molecular weight is 492 g/mol. The number of rotatable bonds is 9. The first-order valence-corrected chi connectivity index (χ1v) is 12.2. The zero-order valence-electron chi connectivity index (χ0n) is 20.6. The Kier molecular flexibility index (Phi) is 7.46. The summed E-state index contributed by atoms with van der Waals surface area (Å²) >= 11 is 1.61. The van der Waals surface area contributed by atoms with E-state index in [1.807, 2.05) is 62.5 Å². The first-order valence-electron chi connectivity index (χ1n) is 11.4. The number of nitrogens with one attached hydrogen (secondary N) is 1. The molecule has 4 aromatic rings. The summed E-state index contributed by atoms with van der Waals surface area (Å²) in [6, 6.07) is 11.6. The number of allylic oxidation sites excluding steroid dienone is 1. The van der Waals surface area contributed by atoms with E-state index in [1.54, 1.807) is 37.9 Å². The lowest BCUT2D eigenvalue weighted by atomic mass is 9.96. The molecule has 0 unspecified atom stereocenters. The van der Waals surface area contributed by atoms with Gasteiger partial charge in [-0.15, -0.1) is 11.3 Å². The number of thiophene rings is 1.